The number of nitrogens with zero attached hydrogens (tertiary/aromatic N) is 3. The number of unbranched alkanes of at least 4 members (excludes halogenated alkanes) is 10. The Bertz CT molecular complexity index is 410. The molecule has 1 rings (SSSR count). The minimum absolute atomic E-state index is 0.325. The van der Waals surface area contributed by atoms with Crippen molar-refractivity contribution in [3.05, 3.63) is 5.28 Å². The van der Waals surface area contributed by atoms with Crippen molar-refractivity contribution in [1.82, 2.24) is 15.0 Å². The van der Waals surface area contributed by atoms with E-state index in [2.05, 4.69) is 28.8 Å². The second-order valence-corrected chi connectivity index (χ2v) is 8.86. The molecule has 0 unspecified atom stereocenters. The minimum Gasteiger partial charge on any atom is -0.196 e. The van der Waals surface area contributed by atoms with Gasteiger partial charge in [0.2, 0.25) is 5.28 Å². The van der Waals surface area contributed by atoms with E-state index in [4.69, 9.17) is 11.6 Å². The predicted octanol–water partition coefficient (Wildman–Crippen LogP) is 7.43. The van der Waals surface area contributed by atoms with Crippen molar-refractivity contribution in [3.8, 4) is 0 Å². The first-order chi connectivity index (χ1) is 12.3. The molecule has 0 saturated heterocycles. The van der Waals surface area contributed by atoms with Crippen LogP contribution in [0.3, 0.4) is 0 Å². The first kappa shape index (κ1) is 23.0. The minimum atomic E-state index is 0.325. The van der Waals surface area contributed by atoms with E-state index in [1.165, 1.54) is 77.0 Å². The molecule has 0 spiro atoms. The van der Waals surface area contributed by atoms with Crippen molar-refractivity contribution in [2.45, 2.75) is 101 Å². The topological polar surface area (TPSA) is 38.7 Å². The van der Waals surface area contributed by atoms with Gasteiger partial charge in [0.15, 0.2) is 10.3 Å². The van der Waals surface area contributed by atoms with Crippen LogP contribution in [0.4, 0.5) is 0 Å². The van der Waals surface area contributed by atoms with Crippen LogP contribution in [0.5, 0.6) is 0 Å². The number of aromatic nitrogens is 3. The molecular weight excluding hydrogens is 370 g/mol. The van der Waals surface area contributed by atoms with E-state index in [1.807, 2.05) is 0 Å². The second-order valence-electron chi connectivity index (χ2n) is 6.40. The summed E-state index contributed by atoms with van der Waals surface area (Å²) in [4.78, 5) is 13.1. The zero-order chi connectivity index (χ0) is 18.2. The van der Waals surface area contributed by atoms with Crippen LogP contribution in [0, 0.1) is 0 Å². The summed E-state index contributed by atoms with van der Waals surface area (Å²) in [6, 6.07) is 0. The number of halogens is 1. The molecule has 1 heterocycles. The lowest BCUT2D eigenvalue weighted by molar-refractivity contribution is 0.626. The Kier molecular flexibility index (Phi) is 14.9. The molecule has 1 aromatic heterocycles. The van der Waals surface area contributed by atoms with Gasteiger partial charge in [-0.15, -0.1) is 0 Å². The molecule has 0 N–H and O–H groups in total. The van der Waals surface area contributed by atoms with Crippen LogP contribution >= 0.6 is 35.1 Å². The summed E-state index contributed by atoms with van der Waals surface area (Å²) < 4.78 is 0. The molecular formula is C19H34ClN3S2. The highest BCUT2D eigenvalue weighted by molar-refractivity contribution is 7.99. The summed E-state index contributed by atoms with van der Waals surface area (Å²) in [7, 11) is 0. The number of hydrogen-bond acceptors (Lipinski definition) is 5. The van der Waals surface area contributed by atoms with Crippen molar-refractivity contribution < 1.29 is 0 Å². The first-order valence-electron chi connectivity index (χ1n) is 9.93. The van der Waals surface area contributed by atoms with Crippen LogP contribution in [0.25, 0.3) is 0 Å². The summed E-state index contributed by atoms with van der Waals surface area (Å²) in [5.74, 6) is 2.13. The second kappa shape index (κ2) is 16.2. The Morgan fingerprint density at radius 1 is 0.600 bits per heavy atom. The summed E-state index contributed by atoms with van der Waals surface area (Å²) in [6.07, 6.45) is 15.7. The molecule has 0 aromatic carbocycles. The van der Waals surface area contributed by atoms with Crippen molar-refractivity contribution in [1.29, 1.82) is 0 Å². The molecule has 0 amide bonds. The van der Waals surface area contributed by atoms with E-state index in [-0.39, 0.29) is 0 Å². The zero-order valence-electron chi connectivity index (χ0n) is 15.9. The third kappa shape index (κ3) is 12.9. The average molecular weight is 404 g/mol. The summed E-state index contributed by atoms with van der Waals surface area (Å²) in [5.41, 5.74) is 0. The highest BCUT2D eigenvalue weighted by atomic mass is 35.5. The van der Waals surface area contributed by atoms with E-state index < -0.39 is 0 Å². The van der Waals surface area contributed by atoms with Crippen molar-refractivity contribution in [2.75, 3.05) is 11.5 Å². The monoisotopic (exact) mass is 403 g/mol. The van der Waals surface area contributed by atoms with Crippen LogP contribution in [0.2, 0.25) is 5.28 Å². The van der Waals surface area contributed by atoms with E-state index in [0.29, 0.717) is 5.28 Å². The highest BCUT2D eigenvalue weighted by Gasteiger charge is 2.06. The number of hydrogen-bond donors (Lipinski definition) is 0. The molecule has 0 aliphatic rings. The lowest BCUT2D eigenvalue weighted by atomic mass is 10.1. The van der Waals surface area contributed by atoms with Gasteiger partial charge >= 0.3 is 0 Å². The molecule has 3 nitrogen and oxygen atoms in total. The van der Waals surface area contributed by atoms with Gasteiger partial charge in [-0.25, -0.2) is 0 Å². The predicted molar refractivity (Wildman–Crippen MR) is 113 cm³/mol. The van der Waals surface area contributed by atoms with Gasteiger partial charge in [-0.3, -0.25) is 0 Å². The van der Waals surface area contributed by atoms with Gasteiger partial charge in [0.1, 0.15) is 0 Å². The van der Waals surface area contributed by atoms with Crippen molar-refractivity contribution in [2.24, 2.45) is 0 Å². The Hall–Kier alpha value is -0.000000000000000111. The molecule has 0 aliphatic carbocycles. The van der Waals surface area contributed by atoms with E-state index >= 15 is 0 Å². The van der Waals surface area contributed by atoms with Gasteiger partial charge < -0.3 is 0 Å². The van der Waals surface area contributed by atoms with Crippen LogP contribution < -0.4 is 0 Å². The summed E-state index contributed by atoms with van der Waals surface area (Å²) in [6.45, 7) is 4.50. The third-order valence-electron chi connectivity index (χ3n) is 4.03. The van der Waals surface area contributed by atoms with Gasteiger partial charge in [0.25, 0.3) is 0 Å². The Morgan fingerprint density at radius 2 is 1.00 bits per heavy atom. The van der Waals surface area contributed by atoms with E-state index in [9.17, 15) is 0 Å². The van der Waals surface area contributed by atoms with Crippen LogP contribution in [0.15, 0.2) is 10.3 Å². The molecule has 0 saturated carbocycles. The number of rotatable bonds is 16. The zero-order valence-corrected chi connectivity index (χ0v) is 18.3. The SMILES string of the molecule is CCCCCCCCSc1nc(Cl)nc(SCCCCCCCC)n1. The van der Waals surface area contributed by atoms with Gasteiger partial charge in [-0.2, -0.15) is 15.0 Å². The van der Waals surface area contributed by atoms with E-state index in [1.54, 1.807) is 23.5 Å². The average Bonchev–Trinajstić information content (AvgIpc) is 2.60. The highest BCUT2D eigenvalue weighted by Crippen LogP contribution is 2.22. The summed E-state index contributed by atoms with van der Waals surface area (Å²) in [5, 5.41) is 1.88. The van der Waals surface area contributed by atoms with Crippen LogP contribution in [-0.4, -0.2) is 26.5 Å². The van der Waals surface area contributed by atoms with Crippen molar-refractivity contribution in [3.63, 3.8) is 0 Å². The lowest BCUT2D eigenvalue weighted by Crippen LogP contribution is -1.96. The van der Waals surface area contributed by atoms with Crippen LogP contribution in [0.1, 0.15) is 90.9 Å². The lowest BCUT2D eigenvalue weighted by Gasteiger charge is -2.04. The maximum Gasteiger partial charge on any atom is 0.227 e. The normalized spacial score (nSPS) is 11.2. The molecule has 6 heteroatoms. The van der Waals surface area contributed by atoms with Crippen LogP contribution in [-0.2, 0) is 0 Å². The smallest absolute Gasteiger partial charge is 0.196 e. The first-order valence-corrected chi connectivity index (χ1v) is 12.3. The van der Waals surface area contributed by atoms with Crippen molar-refractivity contribution >= 4 is 35.1 Å². The molecule has 144 valence electrons. The molecule has 1 aromatic rings. The Morgan fingerprint density at radius 3 is 1.44 bits per heavy atom. The number of thioether (sulfide) groups is 2. The molecule has 0 bridgehead atoms. The molecule has 0 fully saturated rings. The van der Waals surface area contributed by atoms with Gasteiger partial charge in [-0.1, -0.05) is 102 Å². The molecule has 0 atom stereocenters. The Balaban J connectivity index is 2.19. The van der Waals surface area contributed by atoms with E-state index in [0.717, 1.165) is 21.8 Å². The maximum absolute atomic E-state index is 6.06. The van der Waals surface area contributed by atoms with Gasteiger partial charge in [0.05, 0.1) is 0 Å². The fourth-order valence-electron chi connectivity index (χ4n) is 2.54. The summed E-state index contributed by atoms with van der Waals surface area (Å²) >= 11 is 9.47. The van der Waals surface area contributed by atoms with Gasteiger partial charge in [0, 0.05) is 11.5 Å². The largest absolute Gasteiger partial charge is 0.227 e. The quantitative estimate of drug-likeness (QED) is 0.212. The molecule has 25 heavy (non-hydrogen) atoms. The fourth-order valence-corrected chi connectivity index (χ4v) is 4.52. The Labute approximate surface area is 167 Å². The molecule has 0 radical (unpaired) electrons. The fraction of sp³-hybridized carbons (Fsp3) is 0.842. The molecule has 0 aliphatic heterocycles. The van der Waals surface area contributed by atoms with Gasteiger partial charge in [-0.05, 0) is 24.4 Å². The maximum atomic E-state index is 6.06. The third-order valence-corrected chi connectivity index (χ3v) is 6.06. The standard InChI is InChI=1S/C19H34ClN3S2/c1-3-5-7-9-11-13-15-24-18-21-17(20)22-19(23-18)25-16-14-12-10-8-6-4-2/h3-16H2,1-2H3.